The van der Waals surface area contributed by atoms with E-state index in [4.69, 9.17) is 10.5 Å². The van der Waals surface area contributed by atoms with Crippen LogP contribution in [-0.2, 0) is 6.18 Å². The second-order valence-electron chi connectivity index (χ2n) is 5.50. The van der Waals surface area contributed by atoms with E-state index in [1.54, 1.807) is 0 Å². The molecule has 136 valence electrons. The zero-order valence-electron chi connectivity index (χ0n) is 12.7. The van der Waals surface area contributed by atoms with Crippen molar-refractivity contribution in [2.24, 2.45) is 0 Å². The lowest BCUT2D eigenvalue weighted by molar-refractivity contribution is -0.141. The summed E-state index contributed by atoms with van der Waals surface area (Å²) >= 11 is 0. The molecule has 0 spiro atoms. The highest BCUT2D eigenvalue weighted by Gasteiger charge is 2.38. The Morgan fingerprint density at radius 3 is 2.64 bits per heavy atom. The van der Waals surface area contributed by atoms with Crippen molar-refractivity contribution in [2.75, 3.05) is 23.7 Å². The van der Waals surface area contributed by atoms with Gasteiger partial charge in [-0.15, -0.1) is 5.10 Å². The van der Waals surface area contributed by atoms with Crippen LogP contribution < -0.4 is 15.4 Å². The number of halogens is 3. The predicted molar refractivity (Wildman–Crippen MR) is 78.7 cm³/mol. The van der Waals surface area contributed by atoms with Crippen molar-refractivity contribution in [3.8, 4) is 5.88 Å². The molecule has 5 N–H and O–H groups in total. The Hall–Kier alpha value is -2.60. The molecular formula is C13H15F3N6O3. The van der Waals surface area contributed by atoms with Crippen molar-refractivity contribution in [3.63, 3.8) is 0 Å². The maximum absolute atomic E-state index is 12.7. The molecule has 3 heterocycles. The number of hydrogen-bond donors (Lipinski definition) is 4. The molecule has 9 nitrogen and oxygen atoms in total. The van der Waals surface area contributed by atoms with E-state index in [1.807, 2.05) is 0 Å². The van der Waals surface area contributed by atoms with Gasteiger partial charge < -0.3 is 25.6 Å². The molecule has 2 aromatic heterocycles. The van der Waals surface area contributed by atoms with Gasteiger partial charge in [0, 0.05) is 12.6 Å². The van der Waals surface area contributed by atoms with E-state index >= 15 is 0 Å². The van der Waals surface area contributed by atoms with Gasteiger partial charge in [-0.1, -0.05) is 6.07 Å². The van der Waals surface area contributed by atoms with Crippen LogP contribution in [0.4, 0.5) is 25.1 Å². The molecule has 3 atom stereocenters. The van der Waals surface area contributed by atoms with Crippen LogP contribution >= 0.6 is 0 Å². The molecule has 0 aromatic carbocycles. The highest BCUT2D eigenvalue weighted by Crippen LogP contribution is 2.29. The lowest BCUT2D eigenvalue weighted by Crippen LogP contribution is -2.58. The maximum Gasteiger partial charge on any atom is 0.433 e. The maximum atomic E-state index is 12.7. The van der Waals surface area contributed by atoms with E-state index in [9.17, 15) is 23.4 Å². The topological polar surface area (TPSA) is 133 Å². The Kier molecular flexibility index (Phi) is 4.39. The average Bonchev–Trinajstić information content (AvgIpc) is 2.97. The van der Waals surface area contributed by atoms with Crippen molar-refractivity contribution in [3.05, 3.63) is 23.9 Å². The smallest absolute Gasteiger partial charge is 0.433 e. The summed E-state index contributed by atoms with van der Waals surface area (Å²) in [5.41, 5.74) is 4.33. The number of nitrogens with two attached hydrogens (primary N) is 1. The summed E-state index contributed by atoms with van der Waals surface area (Å²) in [7, 11) is 0. The number of aromatic amines is 1. The molecule has 0 radical (unpaired) electrons. The summed E-state index contributed by atoms with van der Waals surface area (Å²) < 4.78 is 43.5. The molecular weight excluding hydrogens is 345 g/mol. The number of aliphatic hydroxyl groups excluding tert-OH is 2. The van der Waals surface area contributed by atoms with Crippen LogP contribution in [0.5, 0.6) is 5.88 Å². The lowest BCUT2D eigenvalue weighted by Gasteiger charge is -2.38. The molecule has 0 unspecified atom stereocenters. The minimum Gasteiger partial charge on any atom is -0.470 e. The van der Waals surface area contributed by atoms with Crippen molar-refractivity contribution in [1.82, 2.24) is 20.2 Å². The Morgan fingerprint density at radius 2 is 2.00 bits per heavy atom. The largest absolute Gasteiger partial charge is 0.470 e. The second-order valence-corrected chi connectivity index (χ2v) is 5.50. The first-order chi connectivity index (χ1) is 11.7. The van der Waals surface area contributed by atoms with Gasteiger partial charge in [0.05, 0.1) is 6.54 Å². The van der Waals surface area contributed by atoms with E-state index in [-0.39, 0.29) is 30.9 Å². The summed E-state index contributed by atoms with van der Waals surface area (Å²) in [4.78, 5) is 8.78. The Bertz CT molecular complexity index is 740. The van der Waals surface area contributed by atoms with Crippen LogP contribution in [-0.4, -0.2) is 61.8 Å². The molecule has 2 aromatic rings. The molecule has 25 heavy (non-hydrogen) atoms. The quantitative estimate of drug-likeness (QED) is 0.591. The van der Waals surface area contributed by atoms with E-state index in [0.717, 1.165) is 12.1 Å². The van der Waals surface area contributed by atoms with Gasteiger partial charge in [0.1, 0.15) is 24.0 Å². The Morgan fingerprint density at radius 1 is 1.24 bits per heavy atom. The number of H-pyrrole nitrogens is 1. The third-order valence-corrected chi connectivity index (χ3v) is 3.64. The van der Waals surface area contributed by atoms with E-state index in [1.165, 1.54) is 11.0 Å². The van der Waals surface area contributed by atoms with Crippen molar-refractivity contribution in [2.45, 2.75) is 24.5 Å². The first-order valence-corrected chi connectivity index (χ1v) is 7.24. The first-order valence-electron chi connectivity index (χ1n) is 7.24. The average molecular weight is 360 g/mol. The molecule has 0 bridgehead atoms. The fourth-order valence-electron chi connectivity index (χ4n) is 2.45. The molecule has 0 aliphatic carbocycles. The van der Waals surface area contributed by atoms with Crippen LogP contribution in [0.1, 0.15) is 5.69 Å². The van der Waals surface area contributed by atoms with Crippen LogP contribution in [0.2, 0.25) is 0 Å². The van der Waals surface area contributed by atoms with Gasteiger partial charge in [-0.2, -0.15) is 18.2 Å². The SMILES string of the molecule is Nc1nc(N2C[C@H](Oc3cccc(C(F)(F)F)n3)[C@@H](O)[C@@H](O)C2)n[nH]1. The van der Waals surface area contributed by atoms with Gasteiger partial charge >= 0.3 is 6.18 Å². The molecule has 12 heteroatoms. The van der Waals surface area contributed by atoms with Crippen molar-refractivity contribution < 1.29 is 28.1 Å². The molecule has 1 aliphatic heterocycles. The van der Waals surface area contributed by atoms with E-state index in [0.29, 0.717) is 0 Å². The molecule has 1 fully saturated rings. The minimum absolute atomic E-state index is 0.00827. The van der Waals surface area contributed by atoms with E-state index in [2.05, 4.69) is 20.2 Å². The first kappa shape index (κ1) is 17.2. The van der Waals surface area contributed by atoms with Gasteiger partial charge in [0.2, 0.25) is 17.8 Å². The Labute approximate surface area is 139 Å². The highest BCUT2D eigenvalue weighted by atomic mass is 19.4. The molecule has 1 saturated heterocycles. The third-order valence-electron chi connectivity index (χ3n) is 3.64. The van der Waals surface area contributed by atoms with Crippen LogP contribution in [0.25, 0.3) is 0 Å². The highest BCUT2D eigenvalue weighted by molar-refractivity contribution is 5.35. The third kappa shape index (κ3) is 3.74. The van der Waals surface area contributed by atoms with Gasteiger partial charge in [-0.25, -0.2) is 10.1 Å². The second kappa shape index (κ2) is 6.37. The zero-order chi connectivity index (χ0) is 18.2. The summed E-state index contributed by atoms with van der Waals surface area (Å²) in [6.45, 7) is 0.0295. The van der Waals surface area contributed by atoms with Gasteiger partial charge in [0.25, 0.3) is 0 Å². The number of nitrogens with zero attached hydrogens (tertiary/aromatic N) is 4. The van der Waals surface area contributed by atoms with Crippen molar-refractivity contribution in [1.29, 1.82) is 0 Å². The van der Waals surface area contributed by atoms with Gasteiger partial charge in [-0.05, 0) is 6.07 Å². The molecule has 1 aliphatic rings. The number of aliphatic hydroxyl groups is 2. The predicted octanol–water partition coefficient (Wildman–Crippen LogP) is -0.210. The summed E-state index contributed by atoms with van der Waals surface area (Å²) in [5, 5.41) is 26.3. The number of nitrogen functional groups attached to an aromatic ring is 1. The van der Waals surface area contributed by atoms with E-state index < -0.39 is 30.2 Å². The lowest BCUT2D eigenvalue weighted by atomic mass is 10.0. The van der Waals surface area contributed by atoms with Gasteiger partial charge in [-0.3, -0.25) is 0 Å². The summed E-state index contributed by atoms with van der Waals surface area (Å²) in [6.07, 6.45) is -8.19. The summed E-state index contributed by atoms with van der Waals surface area (Å²) in [6, 6.07) is 3.18. The fourth-order valence-corrected chi connectivity index (χ4v) is 2.45. The van der Waals surface area contributed by atoms with Crippen LogP contribution in [0.3, 0.4) is 0 Å². The number of pyridine rings is 1. The monoisotopic (exact) mass is 360 g/mol. The number of anilines is 2. The number of piperidine rings is 1. The number of alkyl halides is 3. The number of nitrogens with one attached hydrogen (secondary N) is 1. The normalized spacial score (nSPS) is 24.4. The number of rotatable bonds is 3. The van der Waals surface area contributed by atoms with Crippen molar-refractivity contribution >= 4 is 11.9 Å². The molecule has 0 saturated carbocycles. The molecule has 0 amide bonds. The zero-order valence-corrected chi connectivity index (χ0v) is 12.7. The number of aromatic nitrogens is 4. The number of ether oxygens (including phenoxy) is 1. The van der Waals surface area contributed by atoms with Crippen LogP contribution in [0.15, 0.2) is 18.2 Å². The number of β-amino-alcohol motifs (C(OH)–C–C–N with tert-alkyl or cyclic N) is 1. The van der Waals surface area contributed by atoms with Crippen LogP contribution in [0, 0.1) is 0 Å². The Balaban J connectivity index is 1.78. The fraction of sp³-hybridized carbons (Fsp3) is 0.462. The van der Waals surface area contributed by atoms with Gasteiger partial charge in [0.15, 0.2) is 0 Å². The standard InChI is InChI=1S/C13H15F3N6O3/c14-13(15,16)8-2-1-3-9(18-8)25-7-5-22(4-6(23)10(7)24)12-19-11(17)20-21-12/h1-3,6-7,10,23-24H,4-5H2,(H3,17,19,20,21)/t6-,7-,10-/m0/s1. The minimum atomic E-state index is -4.62. The molecule has 3 rings (SSSR count). The summed E-state index contributed by atoms with van der Waals surface area (Å²) in [5.74, 6) is -0.0795. The number of hydrogen-bond acceptors (Lipinski definition) is 8.